The van der Waals surface area contributed by atoms with Crippen molar-refractivity contribution in [3.63, 3.8) is 0 Å². The summed E-state index contributed by atoms with van der Waals surface area (Å²) in [6.07, 6.45) is 6.82. The molecular weight excluding hydrogens is 196 g/mol. The fraction of sp³-hybridized carbons (Fsp3) is 0.500. The third-order valence-corrected chi connectivity index (χ3v) is 1.49. The quantitative estimate of drug-likeness (QED) is 0.823. The first-order valence-corrected chi connectivity index (χ1v) is 4.72. The van der Waals surface area contributed by atoms with Crippen molar-refractivity contribution in [2.24, 2.45) is 0 Å². The molecule has 0 amide bonds. The van der Waals surface area contributed by atoms with Gasteiger partial charge in [-0.15, -0.1) is 0 Å². The van der Waals surface area contributed by atoms with Crippen LogP contribution in [-0.4, -0.2) is 28.2 Å². The van der Waals surface area contributed by atoms with E-state index >= 15 is 0 Å². The molecule has 0 unspecified atom stereocenters. The van der Waals surface area contributed by atoms with Crippen LogP contribution >= 0.6 is 0 Å². The Hall–Kier alpha value is -1.65. The maximum absolute atomic E-state index is 9.76. The molecule has 5 heteroatoms. The van der Waals surface area contributed by atoms with Gasteiger partial charge in [-0.05, 0) is 6.42 Å². The molecule has 0 spiro atoms. The number of carboxylic acid groups (broad SMARTS) is 1. The molecule has 15 heavy (non-hydrogen) atoms. The molecule has 0 aromatic carbocycles. The normalized spacial score (nSPS) is 8.67. The lowest BCUT2D eigenvalue weighted by Gasteiger charge is -1.91. The summed E-state index contributed by atoms with van der Waals surface area (Å²) in [5.74, 6) is -0.144. The number of hydrogen-bond acceptors (Lipinski definition) is 4. The molecule has 0 radical (unpaired) electrons. The third kappa shape index (κ3) is 8.67. The average molecular weight is 212 g/mol. The van der Waals surface area contributed by atoms with Crippen molar-refractivity contribution < 1.29 is 14.6 Å². The largest absolute Gasteiger partial charge is 0.481 e. The molecule has 0 saturated heterocycles. The summed E-state index contributed by atoms with van der Waals surface area (Å²) in [5, 5.41) is 8.04. The molecule has 1 rings (SSSR count). The van der Waals surface area contributed by atoms with E-state index in [2.05, 4.69) is 9.97 Å². The summed E-state index contributed by atoms with van der Waals surface area (Å²) >= 11 is 0. The van der Waals surface area contributed by atoms with Gasteiger partial charge in [0.15, 0.2) is 0 Å². The molecule has 1 heterocycles. The highest BCUT2D eigenvalue weighted by molar-refractivity contribution is 5.66. The minimum absolute atomic E-state index is 0.316. The number of ether oxygens (including phenoxy) is 1. The Morgan fingerprint density at radius 1 is 1.53 bits per heavy atom. The second-order valence-electron chi connectivity index (χ2n) is 2.75. The Balaban J connectivity index is 0.000000265. The summed E-state index contributed by atoms with van der Waals surface area (Å²) in [6, 6.07) is 0. The van der Waals surface area contributed by atoms with Crippen LogP contribution in [-0.2, 0) is 4.79 Å². The Bertz CT molecular complexity index is 265. The number of hydrogen-bond donors (Lipinski definition) is 1. The summed E-state index contributed by atoms with van der Waals surface area (Å²) < 4.78 is 4.74. The molecular formula is C10H16N2O3. The van der Waals surface area contributed by atoms with Crippen LogP contribution < -0.4 is 4.74 Å². The van der Waals surface area contributed by atoms with Gasteiger partial charge < -0.3 is 9.84 Å². The maximum atomic E-state index is 9.76. The van der Waals surface area contributed by atoms with Crippen LogP contribution in [0.2, 0.25) is 0 Å². The van der Waals surface area contributed by atoms with Crippen molar-refractivity contribution in [2.75, 3.05) is 7.11 Å². The van der Waals surface area contributed by atoms with Crippen LogP contribution in [0.25, 0.3) is 0 Å². The van der Waals surface area contributed by atoms with Crippen LogP contribution in [0.3, 0.4) is 0 Å². The van der Waals surface area contributed by atoms with E-state index in [4.69, 9.17) is 9.84 Å². The Morgan fingerprint density at radius 2 is 2.27 bits per heavy atom. The molecule has 5 nitrogen and oxygen atoms in total. The number of unbranched alkanes of at least 4 members (excludes halogenated alkanes) is 1. The minimum Gasteiger partial charge on any atom is -0.481 e. The molecule has 0 saturated carbocycles. The molecule has 0 aliphatic rings. The zero-order valence-corrected chi connectivity index (χ0v) is 9.01. The van der Waals surface area contributed by atoms with Gasteiger partial charge in [-0.25, -0.2) is 4.98 Å². The van der Waals surface area contributed by atoms with Crippen LogP contribution in [0.1, 0.15) is 26.2 Å². The van der Waals surface area contributed by atoms with E-state index in [0.717, 1.165) is 12.8 Å². The number of carboxylic acids is 1. The third-order valence-electron chi connectivity index (χ3n) is 1.49. The van der Waals surface area contributed by atoms with E-state index in [-0.39, 0.29) is 0 Å². The molecule has 84 valence electrons. The van der Waals surface area contributed by atoms with Crippen LogP contribution in [0, 0.1) is 0 Å². The van der Waals surface area contributed by atoms with E-state index in [0.29, 0.717) is 12.3 Å². The van der Waals surface area contributed by atoms with Crippen molar-refractivity contribution in [3.8, 4) is 5.88 Å². The average Bonchev–Trinajstić information content (AvgIpc) is 2.28. The van der Waals surface area contributed by atoms with Gasteiger partial charge in [0, 0.05) is 18.8 Å². The second-order valence-corrected chi connectivity index (χ2v) is 2.75. The van der Waals surface area contributed by atoms with Crippen molar-refractivity contribution >= 4 is 5.97 Å². The monoisotopic (exact) mass is 212 g/mol. The van der Waals surface area contributed by atoms with Crippen LogP contribution in [0.5, 0.6) is 5.88 Å². The molecule has 0 fully saturated rings. The fourth-order valence-corrected chi connectivity index (χ4v) is 0.719. The summed E-state index contributed by atoms with van der Waals surface area (Å²) in [7, 11) is 1.56. The highest BCUT2D eigenvalue weighted by Gasteiger charge is 1.90. The predicted octanol–water partition coefficient (Wildman–Crippen LogP) is 1.75. The Morgan fingerprint density at radius 3 is 2.53 bits per heavy atom. The standard InChI is InChI=1S/C5H6N2O.C5H10O2/c1-8-5-4-6-2-3-7-5;1-2-3-4-5(6)7/h2-4H,1H3;2-4H2,1H3,(H,6,7). The first kappa shape index (κ1) is 13.4. The summed E-state index contributed by atoms with van der Waals surface area (Å²) in [5.41, 5.74) is 0. The van der Waals surface area contributed by atoms with Gasteiger partial charge >= 0.3 is 5.97 Å². The van der Waals surface area contributed by atoms with Gasteiger partial charge in [0.2, 0.25) is 5.88 Å². The van der Waals surface area contributed by atoms with Gasteiger partial charge in [-0.3, -0.25) is 9.78 Å². The fourth-order valence-electron chi connectivity index (χ4n) is 0.719. The number of aliphatic carboxylic acids is 1. The first-order valence-electron chi connectivity index (χ1n) is 4.72. The van der Waals surface area contributed by atoms with Crippen molar-refractivity contribution in [1.29, 1.82) is 0 Å². The maximum Gasteiger partial charge on any atom is 0.303 e. The smallest absolute Gasteiger partial charge is 0.303 e. The number of nitrogens with zero attached hydrogens (tertiary/aromatic N) is 2. The topological polar surface area (TPSA) is 72.3 Å². The van der Waals surface area contributed by atoms with Crippen molar-refractivity contribution in [2.45, 2.75) is 26.2 Å². The van der Waals surface area contributed by atoms with Gasteiger partial charge in [0.1, 0.15) is 0 Å². The lowest BCUT2D eigenvalue weighted by Crippen LogP contribution is -1.91. The van der Waals surface area contributed by atoms with Crippen molar-refractivity contribution in [1.82, 2.24) is 9.97 Å². The summed E-state index contributed by atoms with van der Waals surface area (Å²) in [6.45, 7) is 1.98. The Labute approximate surface area is 89.1 Å². The highest BCUT2D eigenvalue weighted by Crippen LogP contribution is 1.96. The molecule has 1 aromatic heterocycles. The molecule has 0 aliphatic heterocycles. The Kier molecular flexibility index (Phi) is 7.94. The lowest BCUT2D eigenvalue weighted by molar-refractivity contribution is -0.137. The summed E-state index contributed by atoms with van der Waals surface area (Å²) in [4.78, 5) is 17.3. The predicted molar refractivity (Wildman–Crippen MR) is 55.7 cm³/mol. The second kappa shape index (κ2) is 8.93. The van der Waals surface area contributed by atoms with Gasteiger partial charge in [-0.2, -0.15) is 0 Å². The molecule has 0 atom stereocenters. The van der Waals surface area contributed by atoms with Gasteiger partial charge in [-0.1, -0.05) is 13.3 Å². The van der Waals surface area contributed by atoms with E-state index < -0.39 is 5.97 Å². The van der Waals surface area contributed by atoms with Crippen LogP contribution in [0.15, 0.2) is 18.6 Å². The number of rotatable bonds is 4. The van der Waals surface area contributed by atoms with Gasteiger partial charge in [0.05, 0.1) is 13.3 Å². The van der Waals surface area contributed by atoms with E-state index in [1.165, 1.54) is 0 Å². The lowest BCUT2D eigenvalue weighted by atomic mass is 10.3. The molecule has 0 aliphatic carbocycles. The SMILES string of the molecule is CCCCC(=O)O.COc1cnccn1. The first-order chi connectivity index (χ1) is 7.20. The number of carbonyl (C=O) groups is 1. The highest BCUT2D eigenvalue weighted by atomic mass is 16.5. The van der Waals surface area contributed by atoms with E-state index in [9.17, 15) is 4.79 Å². The molecule has 1 aromatic rings. The number of aromatic nitrogens is 2. The zero-order valence-electron chi connectivity index (χ0n) is 9.01. The van der Waals surface area contributed by atoms with Crippen molar-refractivity contribution in [3.05, 3.63) is 18.6 Å². The molecule has 0 bridgehead atoms. The zero-order chi connectivity index (χ0) is 11.5. The minimum atomic E-state index is -0.693. The van der Waals surface area contributed by atoms with E-state index in [1.807, 2.05) is 6.92 Å². The van der Waals surface area contributed by atoms with Gasteiger partial charge in [0.25, 0.3) is 0 Å². The van der Waals surface area contributed by atoms with Crippen LogP contribution in [0.4, 0.5) is 0 Å². The number of methoxy groups -OCH3 is 1. The van der Waals surface area contributed by atoms with E-state index in [1.54, 1.807) is 25.7 Å². The molecule has 1 N–H and O–H groups in total.